The van der Waals surface area contributed by atoms with Crippen LogP contribution in [0.5, 0.6) is 0 Å². The molecular formula is C29H36N6O2. The molecule has 1 aliphatic rings. The Kier molecular flexibility index (Phi) is 8.06. The highest BCUT2D eigenvalue weighted by Crippen LogP contribution is 2.26. The van der Waals surface area contributed by atoms with Crippen LogP contribution in [-0.2, 0) is 30.7 Å². The first kappa shape index (κ1) is 25.3. The van der Waals surface area contributed by atoms with Crippen molar-refractivity contribution in [2.45, 2.75) is 71.2 Å². The molecule has 0 amide bonds. The SMILES string of the molecule is CCc1ccc2[nH]c(=O)c(CN(CCc3ccccc3)[C@H](CC)c3nnnn3C[C@H]3CCCO3)cc2c1. The zero-order valence-electron chi connectivity index (χ0n) is 21.8. The minimum atomic E-state index is -0.0461. The van der Waals surface area contributed by atoms with E-state index in [1.54, 1.807) is 0 Å². The minimum Gasteiger partial charge on any atom is -0.376 e. The van der Waals surface area contributed by atoms with E-state index in [1.165, 1.54) is 11.1 Å². The predicted molar refractivity (Wildman–Crippen MR) is 144 cm³/mol. The number of H-pyrrole nitrogens is 1. The van der Waals surface area contributed by atoms with Crippen LogP contribution in [-0.4, -0.2) is 49.3 Å². The van der Waals surface area contributed by atoms with Crippen molar-refractivity contribution < 1.29 is 4.74 Å². The molecule has 8 heteroatoms. The molecule has 8 nitrogen and oxygen atoms in total. The monoisotopic (exact) mass is 500 g/mol. The normalized spacial score (nSPS) is 16.6. The van der Waals surface area contributed by atoms with Crippen LogP contribution in [0.2, 0.25) is 0 Å². The number of rotatable bonds is 11. The van der Waals surface area contributed by atoms with E-state index in [1.807, 2.05) is 22.9 Å². The van der Waals surface area contributed by atoms with E-state index >= 15 is 0 Å². The predicted octanol–water partition coefficient (Wildman–Crippen LogP) is 4.45. The Morgan fingerprint density at radius 3 is 2.76 bits per heavy atom. The molecular weight excluding hydrogens is 464 g/mol. The Morgan fingerprint density at radius 1 is 1.14 bits per heavy atom. The summed E-state index contributed by atoms with van der Waals surface area (Å²) in [5, 5.41) is 13.9. The largest absolute Gasteiger partial charge is 0.376 e. The van der Waals surface area contributed by atoms with Gasteiger partial charge in [-0.25, -0.2) is 4.68 Å². The molecule has 1 saturated heterocycles. The highest BCUT2D eigenvalue weighted by atomic mass is 16.5. The summed E-state index contributed by atoms with van der Waals surface area (Å²) in [4.78, 5) is 18.6. The molecule has 1 fully saturated rings. The van der Waals surface area contributed by atoms with Crippen LogP contribution in [0.25, 0.3) is 10.9 Å². The molecule has 2 aromatic carbocycles. The van der Waals surface area contributed by atoms with E-state index in [0.717, 1.165) is 67.5 Å². The van der Waals surface area contributed by atoms with Crippen LogP contribution in [0.1, 0.15) is 61.7 Å². The number of aromatic amines is 1. The Morgan fingerprint density at radius 2 is 2.00 bits per heavy atom. The van der Waals surface area contributed by atoms with Crippen molar-refractivity contribution >= 4 is 10.9 Å². The second-order valence-corrected chi connectivity index (χ2v) is 9.88. The number of nitrogens with one attached hydrogen (secondary N) is 1. The summed E-state index contributed by atoms with van der Waals surface area (Å²) in [6.07, 6.45) is 4.90. The number of fused-ring (bicyclic) bond motifs is 1. The van der Waals surface area contributed by atoms with Gasteiger partial charge in [0.2, 0.25) is 0 Å². The molecule has 2 atom stereocenters. The Hall–Kier alpha value is -3.36. The second kappa shape index (κ2) is 11.8. The molecule has 37 heavy (non-hydrogen) atoms. The molecule has 0 radical (unpaired) electrons. The molecule has 0 bridgehead atoms. The lowest BCUT2D eigenvalue weighted by Crippen LogP contribution is -2.34. The van der Waals surface area contributed by atoms with Gasteiger partial charge < -0.3 is 9.72 Å². The second-order valence-electron chi connectivity index (χ2n) is 9.88. The summed E-state index contributed by atoms with van der Waals surface area (Å²) < 4.78 is 7.76. The summed E-state index contributed by atoms with van der Waals surface area (Å²) in [5.41, 5.74) is 4.10. The van der Waals surface area contributed by atoms with E-state index < -0.39 is 0 Å². The van der Waals surface area contributed by atoms with Crippen molar-refractivity contribution in [2.24, 2.45) is 0 Å². The average molecular weight is 501 g/mol. The van der Waals surface area contributed by atoms with Gasteiger partial charge in [0.15, 0.2) is 5.82 Å². The summed E-state index contributed by atoms with van der Waals surface area (Å²) in [7, 11) is 0. The first-order chi connectivity index (χ1) is 18.1. The van der Waals surface area contributed by atoms with E-state index in [4.69, 9.17) is 4.74 Å². The van der Waals surface area contributed by atoms with Crippen LogP contribution in [0, 0.1) is 0 Å². The van der Waals surface area contributed by atoms with Gasteiger partial charge in [-0.2, -0.15) is 0 Å². The van der Waals surface area contributed by atoms with E-state index in [0.29, 0.717) is 13.1 Å². The number of pyridine rings is 1. The molecule has 0 unspecified atom stereocenters. The lowest BCUT2D eigenvalue weighted by atomic mass is 10.1. The maximum absolute atomic E-state index is 13.1. The van der Waals surface area contributed by atoms with Gasteiger partial charge in [-0.3, -0.25) is 9.69 Å². The van der Waals surface area contributed by atoms with Gasteiger partial charge in [0, 0.05) is 30.8 Å². The summed E-state index contributed by atoms with van der Waals surface area (Å²) in [5.74, 6) is 0.830. The van der Waals surface area contributed by atoms with Crippen molar-refractivity contribution in [2.75, 3.05) is 13.2 Å². The van der Waals surface area contributed by atoms with Crippen molar-refractivity contribution in [1.29, 1.82) is 0 Å². The zero-order chi connectivity index (χ0) is 25.6. The lowest BCUT2D eigenvalue weighted by Gasteiger charge is -2.30. The number of aromatic nitrogens is 5. The Balaban J connectivity index is 1.46. The van der Waals surface area contributed by atoms with Gasteiger partial charge >= 0.3 is 0 Å². The third kappa shape index (κ3) is 5.97. The first-order valence-corrected chi connectivity index (χ1v) is 13.4. The summed E-state index contributed by atoms with van der Waals surface area (Å²) in [6, 6.07) is 18.7. The third-order valence-corrected chi connectivity index (χ3v) is 7.38. The van der Waals surface area contributed by atoms with Crippen molar-refractivity contribution in [3.8, 4) is 0 Å². The Bertz CT molecular complexity index is 1360. The quantitative estimate of drug-likeness (QED) is 0.327. The number of tetrazole rings is 1. The number of nitrogens with zero attached hydrogens (tertiary/aromatic N) is 5. The molecule has 5 rings (SSSR count). The molecule has 1 aliphatic heterocycles. The molecule has 1 N–H and O–H groups in total. The van der Waals surface area contributed by atoms with Crippen LogP contribution in [0.4, 0.5) is 0 Å². The molecule has 194 valence electrons. The molecule has 3 heterocycles. The van der Waals surface area contributed by atoms with Gasteiger partial charge in [-0.05, 0) is 77.2 Å². The summed E-state index contributed by atoms with van der Waals surface area (Å²) >= 11 is 0. The number of aryl methyl sites for hydroxylation is 1. The van der Waals surface area contributed by atoms with Gasteiger partial charge in [0.25, 0.3) is 5.56 Å². The van der Waals surface area contributed by atoms with Crippen LogP contribution in [0.3, 0.4) is 0 Å². The highest BCUT2D eigenvalue weighted by molar-refractivity contribution is 5.79. The van der Waals surface area contributed by atoms with E-state index in [9.17, 15) is 4.79 Å². The lowest BCUT2D eigenvalue weighted by molar-refractivity contribution is 0.0893. The van der Waals surface area contributed by atoms with Crippen molar-refractivity contribution in [1.82, 2.24) is 30.1 Å². The fourth-order valence-corrected chi connectivity index (χ4v) is 5.29. The van der Waals surface area contributed by atoms with Gasteiger partial charge in [-0.15, -0.1) is 5.10 Å². The van der Waals surface area contributed by atoms with Gasteiger partial charge in [-0.1, -0.05) is 50.2 Å². The zero-order valence-corrected chi connectivity index (χ0v) is 21.8. The van der Waals surface area contributed by atoms with E-state index in [-0.39, 0.29) is 17.7 Å². The van der Waals surface area contributed by atoms with E-state index in [2.05, 4.69) is 75.7 Å². The average Bonchev–Trinajstić information content (AvgIpc) is 3.61. The van der Waals surface area contributed by atoms with Gasteiger partial charge in [0.05, 0.1) is 18.7 Å². The standard InChI is InChI=1S/C29H36N6O2/c1-3-21-12-13-26-23(17-21)18-24(29(36)30-26)19-34(15-14-22-9-6-5-7-10-22)27(4-2)28-31-32-33-35(28)20-25-11-8-16-37-25/h5-7,9-10,12-13,17-18,25,27H,3-4,8,11,14-16,19-20H2,1-2H3,(H,30,36)/t25-,27-/m1/s1. The number of benzene rings is 2. The third-order valence-electron chi connectivity index (χ3n) is 7.38. The molecule has 0 aliphatic carbocycles. The van der Waals surface area contributed by atoms with Crippen molar-refractivity contribution in [3.63, 3.8) is 0 Å². The maximum atomic E-state index is 13.1. The number of ether oxygens (including phenoxy) is 1. The summed E-state index contributed by atoms with van der Waals surface area (Å²) in [6.45, 7) is 7.05. The van der Waals surface area contributed by atoms with Crippen LogP contribution in [0.15, 0.2) is 59.4 Å². The van der Waals surface area contributed by atoms with Gasteiger partial charge in [0.1, 0.15) is 0 Å². The van der Waals surface area contributed by atoms with Crippen LogP contribution < -0.4 is 5.56 Å². The Labute approximate surface area is 217 Å². The number of hydrogen-bond acceptors (Lipinski definition) is 6. The smallest absolute Gasteiger partial charge is 0.252 e. The first-order valence-electron chi connectivity index (χ1n) is 13.4. The molecule has 0 spiro atoms. The highest BCUT2D eigenvalue weighted by Gasteiger charge is 2.27. The molecule has 2 aromatic heterocycles. The van der Waals surface area contributed by atoms with Crippen molar-refractivity contribution in [3.05, 3.63) is 87.5 Å². The fraction of sp³-hybridized carbons (Fsp3) is 0.448. The minimum absolute atomic E-state index is 0.0304. The number of hydrogen-bond donors (Lipinski definition) is 1. The topological polar surface area (TPSA) is 88.9 Å². The maximum Gasteiger partial charge on any atom is 0.252 e. The molecule has 4 aromatic rings. The molecule has 0 saturated carbocycles. The fourth-order valence-electron chi connectivity index (χ4n) is 5.29. The van der Waals surface area contributed by atoms with Crippen LogP contribution >= 0.6 is 0 Å².